The first-order valence-corrected chi connectivity index (χ1v) is 41.7. The molecule has 0 aliphatic heterocycles. The summed E-state index contributed by atoms with van der Waals surface area (Å²) < 4.78 is 63.7. The van der Waals surface area contributed by atoms with E-state index < -0.39 is 11.5 Å². The molecule has 6 radical (unpaired) electrons. The number of ether oxygens (including phenoxy) is 6. The van der Waals surface area contributed by atoms with E-state index in [0.29, 0.717) is 74.3 Å². The molecule has 0 aliphatic carbocycles. The van der Waals surface area contributed by atoms with E-state index >= 15 is 0 Å². The summed E-state index contributed by atoms with van der Waals surface area (Å²) in [6.45, 7) is 5.10. The Labute approximate surface area is 968 Å². The van der Waals surface area contributed by atoms with E-state index in [4.69, 9.17) is 40.0 Å². The zero-order chi connectivity index (χ0) is 93.9. The summed E-state index contributed by atoms with van der Waals surface area (Å²) in [4.78, 5) is 96.6. The smallest absolute Gasteiger partial charge is 0.368 e. The van der Waals surface area contributed by atoms with Gasteiger partial charge in [0.05, 0.1) is 69.4 Å². The molecule has 18 aromatic rings. The normalized spacial score (nSPS) is 10.2. The molecule has 696 valence electrons. The van der Waals surface area contributed by atoms with Gasteiger partial charge in [-0.1, -0.05) is 120 Å². The van der Waals surface area contributed by atoms with Crippen LogP contribution in [0.1, 0.15) is 51.4 Å². The third kappa shape index (κ3) is 31.2. The van der Waals surface area contributed by atoms with Gasteiger partial charge in [-0.2, -0.15) is 129 Å². The van der Waals surface area contributed by atoms with Crippen LogP contribution in [0, 0.1) is 52.7 Å². The second kappa shape index (κ2) is 58.0. The number of aromatic nitrogens is 30. The van der Waals surface area contributed by atoms with E-state index in [1.54, 1.807) is 156 Å². The molecule has 0 aliphatic rings. The van der Waals surface area contributed by atoms with Crippen LogP contribution < -0.4 is 62.6 Å². The van der Waals surface area contributed by atoms with E-state index in [2.05, 4.69) is 174 Å². The Hall–Kier alpha value is -9.71. The molecule has 0 saturated heterocycles. The fourth-order valence-corrected chi connectivity index (χ4v) is 13.3. The number of halogens is 4. The van der Waals surface area contributed by atoms with Gasteiger partial charge in [-0.25, -0.2) is 33.2 Å². The standard InChI is InChI=1S/C16H16N5O2.C15H14N5O2.C14H11BrN5O2.C14H11ClN5O2.C14H11FN5O2.C14H11IN5O2.6Y/c1-3-12-7-6-8-14(21-16(22)20(2)18-19-21)13(12)11-23-15-9-4-5-10-17-15;1-11-6-5-7-13(20-15(21)19(2)17-18-20)12(11)10-22-14-8-3-4-9-16-14;4*1-19-14(21)20(18-17-19)12-6-4-5-11(15)10(12)9-22-13-7-2-3-8-16-13;;;;;;/h5-10H,3,11H2,1-2H3;4-9H,10H2,1-2H3;4*3-8H,9H2,1H3;;;;;;/q6*-1;;;;;;. The summed E-state index contributed by atoms with van der Waals surface area (Å²) >= 11 is 11.9. The number of aryl methyl sites for hydroxylation is 8. The van der Waals surface area contributed by atoms with E-state index in [1.165, 1.54) is 80.6 Å². The van der Waals surface area contributed by atoms with Crippen LogP contribution in [0.2, 0.25) is 5.02 Å². The van der Waals surface area contributed by atoms with Gasteiger partial charge in [0.25, 0.3) is 0 Å². The largest absolute Gasteiger partial charge is 0.530 e. The monoisotopic (exact) mass is 2520 g/mol. The van der Waals surface area contributed by atoms with Crippen molar-refractivity contribution < 1.29 is 229 Å². The van der Waals surface area contributed by atoms with Crippen LogP contribution in [0.3, 0.4) is 0 Å². The minimum Gasteiger partial charge on any atom is -0.530 e. The molecule has 0 fully saturated rings. The number of rotatable bonds is 25. The van der Waals surface area contributed by atoms with Crippen molar-refractivity contribution in [2.24, 2.45) is 42.3 Å². The predicted octanol–water partition coefficient (Wildman–Crippen LogP) is 7.46. The Morgan fingerprint density at radius 1 is 0.324 bits per heavy atom. The maximum absolute atomic E-state index is 14.1. The van der Waals surface area contributed by atoms with Crippen molar-refractivity contribution in [2.75, 3.05) is 0 Å². The maximum atomic E-state index is 14.1. The van der Waals surface area contributed by atoms with Crippen LogP contribution in [0.5, 0.6) is 35.3 Å². The molecule has 12 heterocycles. The van der Waals surface area contributed by atoms with Gasteiger partial charge in [-0.05, 0) is 170 Å². The third-order valence-corrected chi connectivity index (χ3v) is 20.9. The third-order valence-electron chi connectivity index (χ3n) is 18.8. The molecular formula is C87H74BrClFIN30O12Y6-6. The van der Waals surface area contributed by atoms with Gasteiger partial charge in [-0.3, -0.25) is 0 Å². The van der Waals surface area contributed by atoms with E-state index in [0.717, 1.165) is 61.9 Å². The van der Waals surface area contributed by atoms with Gasteiger partial charge in [0.2, 0.25) is 0 Å². The first-order valence-electron chi connectivity index (χ1n) is 39.5. The van der Waals surface area contributed by atoms with E-state index in [9.17, 15) is 33.2 Å². The van der Waals surface area contributed by atoms with Crippen molar-refractivity contribution in [3.05, 3.63) is 382 Å². The second-order valence-electron chi connectivity index (χ2n) is 27.4. The van der Waals surface area contributed by atoms with Gasteiger partial charge in [0, 0.05) is 285 Å². The minimum absolute atomic E-state index is 0. The van der Waals surface area contributed by atoms with Gasteiger partial charge < -0.3 is 58.3 Å². The average Bonchev–Trinajstić information content (AvgIpc) is 1.74. The Kier molecular flexibility index (Phi) is 48.5. The van der Waals surface area contributed by atoms with Crippen molar-refractivity contribution in [1.29, 1.82) is 0 Å². The molecule has 12 aromatic heterocycles. The number of benzene rings is 6. The summed E-state index contributed by atoms with van der Waals surface area (Å²) in [5, 5.41) is 45.8. The molecule has 139 heavy (non-hydrogen) atoms. The summed E-state index contributed by atoms with van der Waals surface area (Å²) in [6.07, 6.45) is 10.4. The topological polar surface area (TPSA) is 449 Å². The SMILES string of the molecule is CCc1cccc(-n2nnn(C)c2=O)c1COc1c[c-]ccn1.Cc1cccc(-n2nnn(C)c2=O)c1COc1c[c-]ccn1.Cn1nnn(-c2cccc(Br)c2COc2c[c-]ccn2)c1=O.Cn1nnn(-c2cccc(Cl)c2COc2c[c-]ccn2)c1=O.Cn1nnn(-c2cccc(F)c2COc2c[c-]ccn2)c1=O.Cn1nnn(-c2cccc(I)c2COc2c[c-]ccn2)c1=O.[Y].[Y].[Y].[Y].[Y].[Y]. The molecule has 0 N–H and O–H groups in total. The fraction of sp³-hybridized carbons (Fsp3) is 0.172. The molecule has 0 atom stereocenters. The summed E-state index contributed by atoms with van der Waals surface area (Å²) in [5.74, 6) is 2.10. The van der Waals surface area contributed by atoms with Gasteiger partial charge in [0.15, 0.2) is 0 Å². The Bertz CT molecular complexity index is 6510. The molecule has 42 nitrogen and oxygen atoms in total. The average molecular weight is 2530 g/mol. The first kappa shape index (κ1) is 116. The second-order valence-corrected chi connectivity index (χ2v) is 29.8. The van der Waals surface area contributed by atoms with Crippen LogP contribution in [0.4, 0.5) is 4.39 Å². The van der Waals surface area contributed by atoms with E-state index in [-0.39, 0.29) is 276 Å². The number of nitrogens with zero attached hydrogens (tertiary/aromatic N) is 30. The number of hydrogen-bond acceptors (Lipinski definition) is 30. The molecule has 52 heteroatoms. The number of hydrogen-bond donors (Lipinski definition) is 0. The molecule has 0 amide bonds. The number of tetrazole rings is 6. The van der Waals surface area contributed by atoms with Crippen LogP contribution in [0.15, 0.2) is 252 Å². The summed E-state index contributed by atoms with van der Waals surface area (Å²) in [7, 11) is 9.21. The number of pyridine rings is 6. The molecule has 0 spiro atoms. The first-order chi connectivity index (χ1) is 64.5. The molecule has 18 rings (SSSR count). The van der Waals surface area contributed by atoms with Crippen molar-refractivity contribution in [2.45, 2.75) is 59.9 Å². The van der Waals surface area contributed by atoms with Gasteiger partial charge in [-0.15, -0.1) is 36.4 Å². The van der Waals surface area contributed by atoms with Crippen molar-refractivity contribution in [3.63, 3.8) is 0 Å². The molecular weight excluding hydrogens is 2450 g/mol. The fourth-order valence-electron chi connectivity index (χ4n) is 11.9. The zero-order valence-electron chi connectivity index (χ0n) is 75.0. The summed E-state index contributed by atoms with van der Waals surface area (Å²) in [5.41, 5.74) is 7.53. The Balaban J connectivity index is 0.000000225. The van der Waals surface area contributed by atoms with Crippen LogP contribution in [-0.2, 0) is 285 Å². The summed E-state index contributed by atoms with van der Waals surface area (Å²) in [6, 6.07) is 69.1. The Morgan fingerprint density at radius 2 is 0.576 bits per heavy atom. The quantitative estimate of drug-likeness (QED) is 0.0395. The van der Waals surface area contributed by atoms with E-state index in [1.807, 2.05) is 73.7 Å². The van der Waals surface area contributed by atoms with Crippen LogP contribution in [-0.4, -0.2) is 149 Å². The predicted molar refractivity (Wildman–Crippen MR) is 484 cm³/mol. The zero-order valence-corrected chi connectivity index (χ0v) is 96.6. The Morgan fingerprint density at radius 3 is 0.899 bits per heavy atom. The van der Waals surface area contributed by atoms with Crippen LogP contribution >= 0.6 is 50.1 Å². The maximum Gasteiger partial charge on any atom is 0.368 e. The molecule has 0 saturated carbocycles. The molecule has 0 unspecified atom stereocenters. The van der Waals surface area contributed by atoms with Crippen molar-refractivity contribution >= 4 is 50.1 Å². The van der Waals surface area contributed by atoms with Crippen LogP contribution in [0.25, 0.3) is 34.1 Å². The molecule has 6 aromatic carbocycles. The van der Waals surface area contributed by atoms with Gasteiger partial charge >= 0.3 is 34.1 Å². The minimum atomic E-state index is -0.505. The van der Waals surface area contributed by atoms with Gasteiger partial charge in [0.1, 0.15) is 45.5 Å². The van der Waals surface area contributed by atoms with Crippen molar-refractivity contribution in [1.82, 2.24) is 149 Å². The molecule has 0 bridgehead atoms. The van der Waals surface area contributed by atoms with Crippen molar-refractivity contribution in [3.8, 4) is 69.4 Å².